The number of nitrogens with zero attached hydrogens (tertiary/aromatic N) is 4. The van der Waals surface area contributed by atoms with Crippen LogP contribution in [0.3, 0.4) is 0 Å². The van der Waals surface area contributed by atoms with E-state index in [1.807, 2.05) is 18.3 Å². The van der Waals surface area contributed by atoms with Crippen molar-refractivity contribution < 1.29 is 9.72 Å². The monoisotopic (exact) mass is 340 g/mol. The molecule has 1 saturated heterocycles. The van der Waals surface area contributed by atoms with Crippen molar-refractivity contribution >= 4 is 11.6 Å². The van der Waals surface area contributed by atoms with Crippen molar-refractivity contribution in [1.29, 1.82) is 0 Å². The molecule has 25 heavy (non-hydrogen) atoms. The molecule has 0 aliphatic carbocycles. The van der Waals surface area contributed by atoms with E-state index >= 15 is 0 Å². The summed E-state index contributed by atoms with van der Waals surface area (Å²) in [5, 5.41) is 11.1. The molecule has 1 fully saturated rings. The van der Waals surface area contributed by atoms with Gasteiger partial charge in [-0.15, -0.1) is 0 Å². The van der Waals surface area contributed by atoms with Gasteiger partial charge in [-0.1, -0.05) is 12.1 Å². The van der Waals surface area contributed by atoms with Crippen molar-refractivity contribution in [2.24, 2.45) is 0 Å². The summed E-state index contributed by atoms with van der Waals surface area (Å²) >= 11 is 0. The van der Waals surface area contributed by atoms with Crippen LogP contribution < -0.4 is 0 Å². The molecular formula is C18H20N4O3. The van der Waals surface area contributed by atoms with E-state index in [0.29, 0.717) is 24.2 Å². The lowest BCUT2D eigenvalue weighted by molar-refractivity contribution is -0.385. The van der Waals surface area contributed by atoms with Gasteiger partial charge >= 0.3 is 0 Å². The molecule has 7 nitrogen and oxygen atoms in total. The zero-order chi connectivity index (χ0) is 17.8. The van der Waals surface area contributed by atoms with E-state index < -0.39 is 4.92 Å². The van der Waals surface area contributed by atoms with Gasteiger partial charge in [0.1, 0.15) is 0 Å². The van der Waals surface area contributed by atoms with E-state index in [1.165, 1.54) is 6.07 Å². The third-order valence-electron chi connectivity index (χ3n) is 4.52. The van der Waals surface area contributed by atoms with Gasteiger partial charge in [0, 0.05) is 62.3 Å². The number of hydrogen-bond acceptors (Lipinski definition) is 5. The van der Waals surface area contributed by atoms with Crippen LogP contribution in [-0.2, 0) is 6.54 Å². The van der Waals surface area contributed by atoms with Crippen molar-refractivity contribution in [2.45, 2.75) is 13.5 Å². The van der Waals surface area contributed by atoms with Crippen LogP contribution in [0.1, 0.15) is 21.5 Å². The second-order valence-corrected chi connectivity index (χ2v) is 6.14. The Kier molecular flexibility index (Phi) is 5.04. The van der Waals surface area contributed by atoms with Crippen molar-refractivity contribution in [3.63, 3.8) is 0 Å². The third kappa shape index (κ3) is 3.83. The minimum absolute atomic E-state index is 0.0129. The first-order chi connectivity index (χ1) is 12.1. The Hall–Kier alpha value is -2.80. The van der Waals surface area contributed by atoms with Crippen LogP contribution >= 0.6 is 0 Å². The van der Waals surface area contributed by atoms with E-state index in [9.17, 15) is 14.9 Å². The zero-order valence-electron chi connectivity index (χ0n) is 14.1. The predicted molar refractivity (Wildman–Crippen MR) is 93.3 cm³/mol. The maximum atomic E-state index is 12.7. The number of hydrogen-bond donors (Lipinski definition) is 0. The van der Waals surface area contributed by atoms with Gasteiger partial charge in [-0.2, -0.15) is 0 Å². The average Bonchev–Trinajstić information content (AvgIpc) is 2.62. The molecule has 0 spiro atoms. The number of piperazine rings is 1. The lowest BCUT2D eigenvalue weighted by atomic mass is 10.1. The van der Waals surface area contributed by atoms with Crippen LogP contribution in [0.4, 0.5) is 5.69 Å². The lowest BCUT2D eigenvalue weighted by Crippen LogP contribution is -2.48. The first-order valence-corrected chi connectivity index (χ1v) is 8.21. The standard InChI is InChI=1S/C18H20N4O3/c1-14-16(5-2-6-17(14)22(24)25)18(23)21-10-8-20(9-11-21)13-15-4-3-7-19-12-15/h2-7,12H,8-11,13H2,1H3. The molecule has 1 amide bonds. The summed E-state index contributed by atoms with van der Waals surface area (Å²) in [6.45, 7) is 5.21. The van der Waals surface area contributed by atoms with Gasteiger partial charge in [-0.3, -0.25) is 24.8 Å². The third-order valence-corrected chi connectivity index (χ3v) is 4.52. The highest BCUT2D eigenvalue weighted by Crippen LogP contribution is 2.23. The van der Waals surface area contributed by atoms with Crippen molar-refractivity contribution in [2.75, 3.05) is 26.2 Å². The number of amides is 1. The first-order valence-electron chi connectivity index (χ1n) is 8.21. The predicted octanol–water partition coefficient (Wildman–Crippen LogP) is 2.26. The number of nitro groups is 1. The van der Waals surface area contributed by atoms with E-state index in [-0.39, 0.29) is 11.6 Å². The smallest absolute Gasteiger partial charge is 0.273 e. The highest BCUT2D eigenvalue weighted by atomic mass is 16.6. The quantitative estimate of drug-likeness (QED) is 0.630. The fourth-order valence-electron chi connectivity index (χ4n) is 3.08. The van der Waals surface area contributed by atoms with Crippen LogP contribution in [-0.4, -0.2) is 51.8 Å². The largest absolute Gasteiger partial charge is 0.336 e. The summed E-state index contributed by atoms with van der Waals surface area (Å²) in [5.41, 5.74) is 1.98. The van der Waals surface area contributed by atoms with Crippen LogP contribution in [0.5, 0.6) is 0 Å². The molecule has 0 radical (unpaired) electrons. The minimum atomic E-state index is -0.446. The highest BCUT2D eigenvalue weighted by molar-refractivity contribution is 5.96. The molecule has 0 bridgehead atoms. The minimum Gasteiger partial charge on any atom is -0.336 e. The van der Waals surface area contributed by atoms with E-state index in [4.69, 9.17) is 0 Å². The molecule has 0 unspecified atom stereocenters. The Balaban J connectivity index is 1.64. The first kappa shape index (κ1) is 17.0. The van der Waals surface area contributed by atoms with Crippen molar-refractivity contribution in [3.05, 3.63) is 69.5 Å². The molecule has 2 aromatic rings. The van der Waals surface area contributed by atoms with Crippen molar-refractivity contribution in [3.8, 4) is 0 Å². The van der Waals surface area contributed by atoms with Crippen LogP contribution in [0, 0.1) is 17.0 Å². The molecule has 0 saturated carbocycles. The fraction of sp³-hybridized carbons (Fsp3) is 0.333. The molecule has 1 aliphatic heterocycles. The van der Waals surface area contributed by atoms with Crippen LogP contribution in [0.2, 0.25) is 0 Å². The Bertz CT molecular complexity index is 771. The summed E-state index contributed by atoms with van der Waals surface area (Å²) in [4.78, 5) is 31.5. The Morgan fingerprint density at radius 3 is 2.60 bits per heavy atom. The van der Waals surface area contributed by atoms with Gasteiger partial charge in [0.25, 0.3) is 11.6 Å². The topological polar surface area (TPSA) is 79.6 Å². The van der Waals surface area contributed by atoms with Crippen LogP contribution in [0.25, 0.3) is 0 Å². The highest BCUT2D eigenvalue weighted by Gasteiger charge is 2.25. The summed E-state index contributed by atoms with van der Waals surface area (Å²) in [7, 11) is 0. The summed E-state index contributed by atoms with van der Waals surface area (Å²) in [6, 6.07) is 8.61. The molecule has 2 heterocycles. The number of carbonyl (C=O) groups is 1. The van der Waals surface area contributed by atoms with Gasteiger partial charge in [0.2, 0.25) is 0 Å². The van der Waals surface area contributed by atoms with Gasteiger partial charge in [0.05, 0.1) is 4.92 Å². The molecule has 1 aliphatic rings. The zero-order valence-corrected chi connectivity index (χ0v) is 14.1. The normalized spacial score (nSPS) is 15.2. The molecule has 0 atom stereocenters. The molecule has 3 rings (SSSR count). The Morgan fingerprint density at radius 2 is 1.96 bits per heavy atom. The van der Waals surface area contributed by atoms with Gasteiger partial charge in [0.15, 0.2) is 0 Å². The number of benzene rings is 1. The second kappa shape index (κ2) is 7.40. The lowest BCUT2D eigenvalue weighted by Gasteiger charge is -2.35. The molecule has 130 valence electrons. The Morgan fingerprint density at radius 1 is 1.20 bits per heavy atom. The van der Waals surface area contributed by atoms with Crippen molar-refractivity contribution in [1.82, 2.24) is 14.8 Å². The number of pyridine rings is 1. The molecule has 7 heteroatoms. The number of nitro benzene ring substituents is 1. The second-order valence-electron chi connectivity index (χ2n) is 6.14. The van der Waals surface area contributed by atoms with Crippen LogP contribution in [0.15, 0.2) is 42.7 Å². The van der Waals surface area contributed by atoms with E-state index in [2.05, 4.69) is 9.88 Å². The van der Waals surface area contributed by atoms with Gasteiger partial charge in [-0.25, -0.2) is 0 Å². The number of aromatic nitrogens is 1. The summed E-state index contributed by atoms with van der Waals surface area (Å²) in [6.07, 6.45) is 3.60. The summed E-state index contributed by atoms with van der Waals surface area (Å²) < 4.78 is 0. The van der Waals surface area contributed by atoms with Gasteiger partial charge in [-0.05, 0) is 24.6 Å². The number of carbonyl (C=O) groups excluding carboxylic acids is 1. The summed E-state index contributed by atoms with van der Waals surface area (Å²) in [5.74, 6) is -0.137. The average molecular weight is 340 g/mol. The molecule has 1 aromatic carbocycles. The Labute approximate surface area is 146 Å². The maximum absolute atomic E-state index is 12.7. The molecular weight excluding hydrogens is 320 g/mol. The SMILES string of the molecule is Cc1c(C(=O)N2CCN(Cc3cccnc3)CC2)cccc1[N+](=O)[O-]. The van der Waals surface area contributed by atoms with E-state index in [0.717, 1.165) is 25.2 Å². The maximum Gasteiger partial charge on any atom is 0.273 e. The fourth-order valence-corrected chi connectivity index (χ4v) is 3.08. The molecule has 0 N–H and O–H groups in total. The van der Waals surface area contributed by atoms with E-state index in [1.54, 1.807) is 30.2 Å². The van der Waals surface area contributed by atoms with Gasteiger partial charge < -0.3 is 4.90 Å². The number of rotatable bonds is 4. The molecule has 1 aromatic heterocycles.